The van der Waals surface area contributed by atoms with Crippen LogP contribution in [0.3, 0.4) is 0 Å². The van der Waals surface area contributed by atoms with Gasteiger partial charge in [-0.3, -0.25) is 5.32 Å². The lowest BCUT2D eigenvalue weighted by atomic mass is 10.2. The number of amides is 4. The van der Waals surface area contributed by atoms with Gasteiger partial charge in [0.05, 0.1) is 6.21 Å². The number of ether oxygens (including phenoxy) is 2. The summed E-state index contributed by atoms with van der Waals surface area (Å²) in [6.07, 6.45) is 1.39. The van der Waals surface area contributed by atoms with Crippen LogP contribution in [0.15, 0.2) is 23.3 Å². The van der Waals surface area contributed by atoms with E-state index in [2.05, 4.69) is 10.5 Å². The third-order valence-electron chi connectivity index (χ3n) is 2.01. The number of nitrogens with two attached hydrogens (primary N) is 1. The number of fused-ring (bicyclic) bond motifs is 1. The zero-order valence-electron chi connectivity index (χ0n) is 9.17. The molecule has 94 valence electrons. The smallest absolute Gasteiger partial charge is 0.343 e. The lowest BCUT2D eigenvalue weighted by molar-refractivity contribution is 0.174. The van der Waals surface area contributed by atoms with Crippen molar-refractivity contribution in [3.05, 3.63) is 23.8 Å². The van der Waals surface area contributed by atoms with E-state index in [0.29, 0.717) is 17.1 Å². The van der Waals surface area contributed by atoms with E-state index in [1.807, 2.05) is 0 Å². The quantitative estimate of drug-likeness (QED) is 0.511. The van der Waals surface area contributed by atoms with Crippen molar-refractivity contribution in [3.63, 3.8) is 0 Å². The molecule has 0 aliphatic carbocycles. The van der Waals surface area contributed by atoms with Gasteiger partial charge in [0.1, 0.15) is 0 Å². The normalized spacial score (nSPS) is 12.4. The van der Waals surface area contributed by atoms with Gasteiger partial charge in [0.2, 0.25) is 6.79 Å². The molecule has 0 atom stereocenters. The molecule has 8 heteroatoms. The Morgan fingerprint density at radius 2 is 2.11 bits per heavy atom. The number of primary amides is 1. The molecule has 2 rings (SSSR count). The SMILES string of the molecule is NC(=O)NC(=O)NN=Cc1ccc2c(c1)OCO2. The van der Waals surface area contributed by atoms with Crippen LogP contribution in [0.5, 0.6) is 11.5 Å². The monoisotopic (exact) mass is 250 g/mol. The molecule has 0 fully saturated rings. The van der Waals surface area contributed by atoms with Gasteiger partial charge >= 0.3 is 12.1 Å². The maximum absolute atomic E-state index is 10.9. The molecule has 1 aromatic carbocycles. The molecule has 1 aliphatic heterocycles. The molecule has 4 amide bonds. The van der Waals surface area contributed by atoms with Crippen molar-refractivity contribution in [1.29, 1.82) is 0 Å². The first-order chi connectivity index (χ1) is 8.65. The van der Waals surface area contributed by atoms with E-state index in [-0.39, 0.29) is 6.79 Å². The Hall–Kier alpha value is -2.77. The first-order valence-corrected chi connectivity index (χ1v) is 4.94. The number of benzene rings is 1. The number of hydrazone groups is 1. The highest BCUT2D eigenvalue weighted by Crippen LogP contribution is 2.31. The fourth-order valence-electron chi connectivity index (χ4n) is 1.30. The molecule has 0 aromatic heterocycles. The van der Waals surface area contributed by atoms with Crippen molar-refractivity contribution < 1.29 is 19.1 Å². The van der Waals surface area contributed by atoms with Gasteiger partial charge in [-0.25, -0.2) is 15.0 Å². The first kappa shape index (κ1) is 11.7. The van der Waals surface area contributed by atoms with Gasteiger partial charge in [0, 0.05) is 0 Å². The molecule has 4 N–H and O–H groups in total. The number of carbonyl (C=O) groups excluding carboxylic acids is 2. The number of imide groups is 1. The molecule has 0 bridgehead atoms. The van der Waals surface area contributed by atoms with Crippen LogP contribution < -0.4 is 25.9 Å². The Labute approximate surface area is 102 Å². The number of hydrogen-bond acceptors (Lipinski definition) is 5. The van der Waals surface area contributed by atoms with E-state index >= 15 is 0 Å². The number of rotatable bonds is 2. The third kappa shape index (κ3) is 2.88. The Balaban J connectivity index is 1.93. The van der Waals surface area contributed by atoms with Crippen molar-refractivity contribution in [2.75, 3.05) is 6.79 Å². The third-order valence-corrected chi connectivity index (χ3v) is 2.01. The molecular weight excluding hydrogens is 240 g/mol. The van der Waals surface area contributed by atoms with E-state index in [1.165, 1.54) is 6.21 Å². The van der Waals surface area contributed by atoms with Gasteiger partial charge in [0.25, 0.3) is 0 Å². The van der Waals surface area contributed by atoms with E-state index in [9.17, 15) is 9.59 Å². The summed E-state index contributed by atoms with van der Waals surface area (Å²) < 4.78 is 10.3. The molecule has 1 aromatic rings. The highest BCUT2D eigenvalue weighted by atomic mass is 16.7. The van der Waals surface area contributed by atoms with Crippen LogP contribution in [0.1, 0.15) is 5.56 Å². The van der Waals surface area contributed by atoms with Crippen molar-refractivity contribution in [2.24, 2.45) is 10.8 Å². The van der Waals surface area contributed by atoms with Crippen molar-refractivity contribution in [1.82, 2.24) is 10.7 Å². The standard InChI is InChI=1S/C10H10N4O4/c11-9(15)13-10(16)14-12-4-6-1-2-7-8(3-6)18-5-17-7/h1-4H,5H2,(H4,11,13,14,15,16). The van der Waals surface area contributed by atoms with Gasteiger partial charge < -0.3 is 15.2 Å². The molecule has 0 saturated carbocycles. The lowest BCUT2D eigenvalue weighted by Gasteiger charge is -1.99. The fourth-order valence-corrected chi connectivity index (χ4v) is 1.30. The van der Waals surface area contributed by atoms with Gasteiger partial charge in [-0.05, 0) is 23.8 Å². The fraction of sp³-hybridized carbons (Fsp3) is 0.100. The minimum atomic E-state index is -0.953. The molecule has 8 nitrogen and oxygen atoms in total. The Bertz CT molecular complexity index is 515. The number of hydrogen-bond donors (Lipinski definition) is 3. The molecule has 0 spiro atoms. The van der Waals surface area contributed by atoms with Crippen LogP contribution in [-0.4, -0.2) is 25.1 Å². The minimum absolute atomic E-state index is 0.190. The maximum atomic E-state index is 10.9. The highest BCUT2D eigenvalue weighted by Gasteiger charge is 2.12. The van der Waals surface area contributed by atoms with Gasteiger partial charge in [-0.2, -0.15) is 5.10 Å². The van der Waals surface area contributed by atoms with Crippen LogP contribution in [0, 0.1) is 0 Å². The van der Waals surface area contributed by atoms with Crippen molar-refractivity contribution in [2.45, 2.75) is 0 Å². The zero-order chi connectivity index (χ0) is 13.0. The summed E-state index contributed by atoms with van der Waals surface area (Å²) in [5.74, 6) is 1.27. The van der Waals surface area contributed by atoms with Crippen LogP contribution >= 0.6 is 0 Å². The summed E-state index contributed by atoms with van der Waals surface area (Å²) in [4.78, 5) is 21.3. The predicted octanol–water partition coefficient (Wildman–Crippen LogP) is 0.127. The molecule has 0 saturated heterocycles. The van der Waals surface area contributed by atoms with Crippen LogP contribution in [0.2, 0.25) is 0 Å². The Morgan fingerprint density at radius 1 is 1.33 bits per heavy atom. The summed E-state index contributed by atoms with van der Waals surface area (Å²) in [5, 5.41) is 5.43. The van der Waals surface area contributed by atoms with Crippen LogP contribution in [0.25, 0.3) is 0 Å². The first-order valence-electron chi connectivity index (χ1n) is 4.94. The molecule has 0 radical (unpaired) electrons. The molecule has 0 unspecified atom stereocenters. The van der Waals surface area contributed by atoms with Crippen LogP contribution in [0.4, 0.5) is 9.59 Å². The average Bonchev–Trinajstić information content (AvgIpc) is 2.75. The van der Waals surface area contributed by atoms with E-state index in [1.54, 1.807) is 23.5 Å². The number of carbonyl (C=O) groups is 2. The van der Waals surface area contributed by atoms with E-state index < -0.39 is 12.1 Å². The topological polar surface area (TPSA) is 115 Å². The Morgan fingerprint density at radius 3 is 2.89 bits per heavy atom. The second-order valence-electron chi connectivity index (χ2n) is 3.30. The predicted molar refractivity (Wildman–Crippen MR) is 61.4 cm³/mol. The van der Waals surface area contributed by atoms with Crippen molar-refractivity contribution >= 4 is 18.3 Å². The summed E-state index contributed by atoms with van der Waals surface area (Å²) in [5.41, 5.74) is 7.53. The lowest BCUT2D eigenvalue weighted by Crippen LogP contribution is -2.40. The average molecular weight is 250 g/mol. The molecular formula is C10H10N4O4. The molecule has 1 heterocycles. The maximum Gasteiger partial charge on any atom is 0.343 e. The summed E-state index contributed by atoms with van der Waals surface area (Å²) in [7, 11) is 0. The summed E-state index contributed by atoms with van der Waals surface area (Å²) in [6, 6.07) is 3.42. The second kappa shape index (κ2) is 5.04. The van der Waals surface area contributed by atoms with Gasteiger partial charge in [0.15, 0.2) is 11.5 Å². The summed E-state index contributed by atoms with van der Waals surface area (Å²) in [6.45, 7) is 0.190. The van der Waals surface area contributed by atoms with E-state index in [0.717, 1.165) is 0 Å². The minimum Gasteiger partial charge on any atom is -0.454 e. The number of nitrogens with zero attached hydrogens (tertiary/aromatic N) is 1. The number of nitrogens with one attached hydrogen (secondary N) is 2. The second-order valence-corrected chi connectivity index (χ2v) is 3.30. The van der Waals surface area contributed by atoms with Gasteiger partial charge in [-0.1, -0.05) is 0 Å². The Kier molecular flexibility index (Phi) is 3.28. The zero-order valence-corrected chi connectivity index (χ0v) is 9.17. The molecule has 18 heavy (non-hydrogen) atoms. The van der Waals surface area contributed by atoms with Gasteiger partial charge in [-0.15, -0.1) is 0 Å². The molecule has 1 aliphatic rings. The largest absolute Gasteiger partial charge is 0.454 e. The van der Waals surface area contributed by atoms with Crippen molar-refractivity contribution in [3.8, 4) is 11.5 Å². The van der Waals surface area contributed by atoms with Crippen LogP contribution in [-0.2, 0) is 0 Å². The van der Waals surface area contributed by atoms with E-state index in [4.69, 9.17) is 15.2 Å². The summed E-state index contributed by atoms with van der Waals surface area (Å²) >= 11 is 0. The highest BCUT2D eigenvalue weighted by molar-refractivity contribution is 5.93. The number of urea groups is 2.